The summed E-state index contributed by atoms with van der Waals surface area (Å²) in [7, 11) is 0. The molecule has 5 heteroatoms. The molecule has 0 amide bonds. The van der Waals surface area contributed by atoms with E-state index in [1.54, 1.807) is 0 Å². The van der Waals surface area contributed by atoms with E-state index in [1.807, 2.05) is 91.9 Å². The van der Waals surface area contributed by atoms with Gasteiger partial charge in [-0.1, -0.05) is 66.7 Å². The van der Waals surface area contributed by atoms with Crippen molar-refractivity contribution in [3.05, 3.63) is 119 Å². The Morgan fingerprint density at radius 1 is 0.917 bits per heavy atom. The van der Waals surface area contributed by atoms with Gasteiger partial charge in [0, 0.05) is 30.2 Å². The Labute approximate surface area is 211 Å². The normalized spacial score (nSPS) is 19.1. The number of carbonyl (C=O) groups is 2. The Balaban J connectivity index is 1.46. The number of carbonyl (C=O) groups excluding carboxylic acids is 2. The molecule has 2 atom stereocenters. The lowest BCUT2D eigenvalue weighted by molar-refractivity contribution is -0.139. The van der Waals surface area contributed by atoms with Crippen molar-refractivity contribution >= 4 is 11.8 Å². The Bertz CT molecular complexity index is 1310. The van der Waals surface area contributed by atoms with Crippen molar-refractivity contribution in [1.29, 1.82) is 0 Å². The van der Waals surface area contributed by atoms with Gasteiger partial charge in [-0.05, 0) is 48.7 Å². The standard InChI is InChI=1S/C31H29NO4/c1-21-28(31(34)35-19-18-22-10-4-2-5-11-22)29(30-26(32-21)16-9-17-27(30)33)23-12-8-15-25(20-23)36-24-13-6-3-7-14-24/h2-8,10-16,20,29-30,32H,9,17-19H2,1H3. The van der Waals surface area contributed by atoms with Crippen LogP contribution in [-0.2, 0) is 20.7 Å². The number of allylic oxidation sites excluding steroid dienone is 3. The summed E-state index contributed by atoms with van der Waals surface area (Å²) in [5, 5.41) is 3.33. The molecule has 0 radical (unpaired) electrons. The highest BCUT2D eigenvalue weighted by Crippen LogP contribution is 2.44. The van der Waals surface area contributed by atoms with Gasteiger partial charge in [0.1, 0.15) is 17.3 Å². The van der Waals surface area contributed by atoms with Crippen LogP contribution in [0.2, 0.25) is 0 Å². The Morgan fingerprint density at radius 3 is 2.42 bits per heavy atom. The molecular weight excluding hydrogens is 450 g/mol. The summed E-state index contributed by atoms with van der Waals surface area (Å²) in [6.45, 7) is 2.14. The molecule has 0 spiro atoms. The summed E-state index contributed by atoms with van der Waals surface area (Å²) in [4.78, 5) is 26.6. The quantitative estimate of drug-likeness (QED) is 0.416. The van der Waals surface area contributed by atoms with Crippen LogP contribution in [0, 0.1) is 5.92 Å². The van der Waals surface area contributed by atoms with Crippen LogP contribution >= 0.6 is 0 Å². The van der Waals surface area contributed by atoms with Crippen LogP contribution in [0.3, 0.4) is 0 Å². The summed E-state index contributed by atoms with van der Waals surface area (Å²) in [5.41, 5.74) is 4.04. The smallest absolute Gasteiger partial charge is 0.336 e. The van der Waals surface area contributed by atoms with Crippen molar-refractivity contribution in [3.8, 4) is 11.5 Å². The predicted octanol–water partition coefficient (Wildman–Crippen LogP) is 6.09. The SMILES string of the molecule is CC1=C(C(=O)OCCc2ccccc2)C(c2cccc(Oc3ccccc3)c2)C2C(=O)CCC=C2N1. The van der Waals surface area contributed by atoms with E-state index in [4.69, 9.17) is 9.47 Å². The number of nitrogens with one attached hydrogen (secondary N) is 1. The molecule has 1 aliphatic carbocycles. The Kier molecular flexibility index (Phi) is 6.99. The van der Waals surface area contributed by atoms with E-state index < -0.39 is 17.8 Å². The number of fused-ring (bicyclic) bond motifs is 1. The average molecular weight is 480 g/mol. The van der Waals surface area contributed by atoms with Crippen LogP contribution < -0.4 is 10.1 Å². The first kappa shape index (κ1) is 23.6. The zero-order chi connectivity index (χ0) is 24.9. The number of hydrogen-bond donors (Lipinski definition) is 1. The summed E-state index contributed by atoms with van der Waals surface area (Å²) in [5.74, 6) is 0.205. The fourth-order valence-electron chi connectivity index (χ4n) is 5.02. The maximum absolute atomic E-state index is 13.5. The number of hydrogen-bond acceptors (Lipinski definition) is 5. The number of rotatable bonds is 7. The lowest BCUT2D eigenvalue weighted by Crippen LogP contribution is -2.40. The van der Waals surface area contributed by atoms with Gasteiger partial charge >= 0.3 is 5.97 Å². The molecule has 5 rings (SSSR count). The minimum Gasteiger partial charge on any atom is -0.462 e. The minimum atomic E-state index is -0.453. The number of para-hydroxylation sites is 1. The topological polar surface area (TPSA) is 64.6 Å². The van der Waals surface area contributed by atoms with Gasteiger partial charge in [-0.25, -0.2) is 4.79 Å². The second-order valence-electron chi connectivity index (χ2n) is 9.14. The lowest BCUT2D eigenvalue weighted by Gasteiger charge is -2.38. The van der Waals surface area contributed by atoms with Crippen molar-refractivity contribution in [2.45, 2.75) is 32.1 Å². The van der Waals surface area contributed by atoms with Crippen LogP contribution in [0.5, 0.6) is 11.5 Å². The monoisotopic (exact) mass is 479 g/mol. The van der Waals surface area contributed by atoms with Crippen molar-refractivity contribution in [2.75, 3.05) is 6.61 Å². The zero-order valence-electron chi connectivity index (χ0n) is 20.3. The van der Waals surface area contributed by atoms with E-state index in [1.165, 1.54) is 0 Å². The summed E-state index contributed by atoms with van der Waals surface area (Å²) in [6, 6.07) is 27.1. The molecule has 2 aliphatic rings. The molecule has 0 bridgehead atoms. The van der Waals surface area contributed by atoms with Crippen LogP contribution in [0.1, 0.15) is 36.8 Å². The molecule has 36 heavy (non-hydrogen) atoms. The van der Waals surface area contributed by atoms with E-state index in [0.29, 0.717) is 30.6 Å². The van der Waals surface area contributed by atoms with Gasteiger partial charge in [0.2, 0.25) is 0 Å². The second kappa shape index (κ2) is 10.6. The number of ketones is 1. The second-order valence-corrected chi connectivity index (χ2v) is 9.14. The molecule has 0 saturated carbocycles. The fraction of sp³-hybridized carbons (Fsp3) is 0.226. The van der Waals surface area contributed by atoms with Gasteiger partial charge in [-0.15, -0.1) is 0 Å². The molecule has 0 saturated heterocycles. The van der Waals surface area contributed by atoms with E-state index in [9.17, 15) is 9.59 Å². The lowest BCUT2D eigenvalue weighted by atomic mass is 9.71. The third-order valence-corrected chi connectivity index (χ3v) is 6.70. The van der Waals surface area contributed by atoms with E-state index in [-0.39, 0.29) is 12.4 Å². The number of Topliss-reactive ketones (excluding diaryl/α,β-unsaturated/α-hetero) is 1. The summed E-state index contributed by atoms with van der Waals surface area (Å²) < 4.78 is 11.8. The van der Waals surface area contributed by atoms with Gasteiger partial charge in [-0.2, -0.15) is 0 Å². The van der Waals surface area contributed by atoms with Crippen LogP contribution in [-0.4, -0.2) is 18.4 Å². The molecule has 5 nitrogen and oxygen atoms in total. The van der Waals surface area contributed by atoms with Gasteiger partial charge in [0.15, 0.2) is 0 Å². The van der Waals surface area contributed by atoms with Gasteiger partial charge < -0.3 is 14.8 Å². The third-order valence-electron chi connectivity index (χ3n) is 6.70. The van der Waals surface area contributed by atoms with Crippen molar-refractivity contribution in [3.63, 3.8) is 0 Å². The molecule has 3 aromatic carbocycles. The largest absolute Gasteiger partial charge is 0.462 e. The van der Waals surface area contributed by atoms with Gasteiger partial charge in [0.05, 0.1) is 18.1 Å². The summed E-state index contributed by atoms with van der Waals surface area (Å²) >= 11 is 0. The highest BCUT2D eigenvalue weighted by molar-refractivity contribution is 5.96. The maximum atomic E-state index is 13.5. The van der Waals surface area contributed by atoms with Crippen molar-refractivity contribution in [1.82, 2.24) is 5.32 Å². The molecule has 3 aromatic rings. The molecule has 0 aromatic heterocycles. The highest BCUT2D eigenvalue weighted by Gasteiger charge is 2.43. The molecule has 1 aliphatic heterocycles. The summed E-state index contributed by atoms with van der Waals surface area (Å²) in [6.07, 6.45) is 3.86. The molecule has 0 fully saturated rings. The molecule has 1 N–H and O–H groups in total. The molecule has 2 unspecified atom stereocenters. The molecule has 182 valence electrons. The fourth-order valence-corrected chi connectivity index (χ4v) is 5.02. The molecule has 1 heterocycles. The van der Waals surface area contributed by atoms with Crippen molar-refractivity contribution < 1.29 is 19.1 Å². The van der Waals surface area contributed by atoms with Crippen LogP contribution in [0.4, 0.5) is 0 Å². The molecular formula is C31H29NO4. The first-order valence-corrected chi connectivity index (χ1v) is 12.3. The van der Waals surface area contributed by atoms with E-state index in [0.717, 1.165) is 28.3 Å². The number of benzene rings is 3. The van der Waals surface area contributed by atoms with Crippen LogP contribution in [0.25, 0.3) is 0 Å². The number of esters is 1. The number of ether oxygens (including phenoxy) is 2. The predicted molar refractivity (Wildman–Crippen MR) is 138 cm³/mol. The van der Waals surface area contributed by atoms with E-state index >= 15 is 0 Å². The van der Waals surface area contributed by atoms with Crippen LogP contribution in [0.15, 0.2) is 108 Å². The third kappa shape index (κ3) is 5.10. The highest BCUT2D eigenvalue weighted by atomic mass is 16.5. The first-order chi connectivity index (χ1) is 17.6. The maximum Gasteiger partial charge on any atom is 0.336 e. The minimum absolute atomic E-state index is 0.126. The first-order valence-electron chi connectivity index (χ1n) is 12.3. The zero-order valence-corrected chi connectivity index (χ0v) is 20.3. The Hall–Kier alpha value is -4.12. The Morgan fingerprint density at radius 2 is 1.64 bits per heavy atom. The van der Waals surface area contributed by atoms with Gasteiger partial charge in [0.25, 0.3) is 0 Å². The van der Waals surface area contributed by atoms with E-state index in [2.05, 4.69) is 11.4 Å². The van der Waals surface area contributed by atoms with Crippen molar-refractivity contribution in [2.24, 2.45) is 5.92 Å². The van der Waals surface area contributed by atoms with Gasteiger partial charge in [-0.3, -0.25) is 4.79 Å². The average Bonchev–Trinajstić information content (AvgIpc) is 2.89.